The first-order valence-electron chi connectivity index (χ1n) is 22.9. The van der Waals surface area contributed by atoms with Gasteiger partial charge in [-0.2, -0.15) is 13.2 Å². The maximum absolute atomic E-state index is 13.2. The largest absolute Gasteiger partial charge is 0.490 e. The van der Waals surface area contributed by atoms with E-state index in [-0.39, 0.29) is 6.03 Å². The van der Waals surface area contributed by atoms with E-state index in [2.05, 4.69) is 41.1 Å². The number of guanidine groups is 3. The zero-order valence-electron chi connectivity index (χ0n) is 36.0. The van der Waals surface area contributed by atoms with Gasteiger partial charge in [-0.1, -0.05) is 77.0 Å². The number of carbonyl (C=O) groups is 2. The van der Waals surface area contributed by atoms with Gasteiger partial charge in [-0.25, -0.2) is 9.59 Å². The Morgan fingerprint density at radius 2 is 0.746 bits per heavy atom. The quantitative estimate of drug-likeness (QED) is 0.0202. The van der Waals surface area contributed by atoms with Crippen LogP contribution in [0.1, 0.15) is 154 Å². The summed E-state index contributed by atoms with van der Waals surface area (Å²) in [5.41, 5.74) is 17.9. The number of rotatable bonds is 33. The Morgan fingerprint density at radius 1 is 0.492 bits per heavy atom. The molecule has 3 fully saturated rings. The van der Waals surface area contributed by atoms with Crippen LogP contribution in [0.5, 0.6) is 0 Å². The molecular weight excluding hydrogens is 764 g/mol. The molecule has 14 nitrogen and oxygen atoms in total. The van der Waals surface area contributed by atoms with E-state index in [9.17, 15) is 18.0 Å². The lowest BCUT2D eigenvalue weighted by Crippen LogP contribution is -2.41. The molecule has 3 aliphatic carbocycles. The van der Waals surface area contributed by atoms with Crippen LogP contribution < -0.4 is 38.5 Å². The Kier molecular flexibility index (Phi) is 28.1. The number of hydrogen-bond donors (Lipinski definition) is 8. The number of nitrogens with one attached hydrogen (secondary N) is 4. The van der Waals surface area contributed by atoms with Gasteiger partial charge >= 0.3 is 18.2 Å². The third-order valence-corrected chi connectivity index (χ3v) is 10.7. The number of nitrogens with two attached hydrogens (primary N) is 3. The van der Waals surface area contributed by atoms with Crippen LogP contribution in [0.25, 0.3) is 0 Å². The molecule has 0 heterocycles. The van der Waals surface area contributed by atoms with Crippen molar-refractivity contribution in [1.82, 2.24) is 26.2 Å². The van der Waals surface area contributed by atoms with Gasteiger partial charge in [0.25, 0.3) is 0 Å². The minimum absolute atomic E-state index is 0.117. The molecule has 59 heavy (non-hydrogen) atoms. The first kappa shape index (κ1) is 51.5. The fraction of sp³-hybridized carbons (Fsp3) is 0.881. The van der Waals surface area contributed by atoms with E-state index in [1.807, 2.05) is 0 Å². The molecule has 0 aliphatic heterocycles. The predicted molar refractivity (Wildman–Crippen MR) is 233 cm³/mol. The standard InChI is InChI=1S/C40H79N11O.C2HF3O2/c41-37(48-31-34-19-20-34)44-25-13-7-1-2-10-16-28-47-40(52)51(29-17-11-5-3-8-14-26-45-38(42)49-32-35-21-22-35)30-18-12-6-4-9-15-27-46-39(43)50-33-36-23-24-36;3-2(4,5)1(6)7/h34-36H,1-33H2,(H,47,52)(H3,41,44,48)(H3,42,45,49)(H3,43,46,50);(H,6,7). The summed E-state index contributed by atoms with van der Waals surface area (Å²) in [6.07, 6.45) is 23.7. The number of nitrogens with zero attached hydrogens (tertiary/aromatic N) is 4. The zero-order chi connectivity index (χ0) is 43.0. The second-order valence-corrected chi connectivity index (χ2v) is 16.7. The number of aliphatic imine (C=N–C) groups is 3. The maximum Gasteiger partial charge on any atom is 0.490 e. The van der Waals surface area contributed by atoms with Crippen molar-refractivity contribution in [3.63, 3.8) is 0 Å². The molecule has 0 saturated heterocycles. The van der Waals surface area contributed by atoms with Crippen LogP contribution in [0.4, 0.5) is 18.0 Å². The fourth-order valence-corrected chi connectivity index (χ4v) is 6.25. The van der Waals surface area contributed by atoms with Crippen LogP contribution in [-0.2, 0) is 4.79 Å². The number of alkyl halides is 3. The third-order valence-electron chi connectivity index (χ3n) is 10.7. The molecule has 0 atom stereocenters. The summed E-state index contributed by atoms with van der Waals surface area (Å²) in [6.45, 7) is 7.80. The maximum atomic E-state index is 13.2. The monoisotopic (exact) mass is 844 g/mol. The van der Waals surface area contributed by atoms with E-state index in [1.54, 1.807) is 0 Å². The molecule has 3 aliphatic rings. The van der Waals surface area contributed by atoms with Crippen molar-refractivity contribution < 1.29 is 27.9 Å². The summed E-state index contributed by atoms with van der Waals surface area (Å²) in [5, 5.41) is 20.1. The summed E-state index contributed by atoms with van der Waals surface area (Å²) in [4.78, 5) is 37.4. The van der Waals surface area contributed by atoms with Gasteiger partial charge in [-0.05, 0) is 94.8 Å². The summed E-state index contributed by atoms with van der Waals surface area (Å²) in [7, 11) is 0. The van der Waals surface area contributed by atoms with Crippen LogP contribution >= 0.6 is 0 Å². The molecule has 0 aromatic carbocycles. The summed E-state index contributed by atoms with van der Waals surface area (Å²) in [6, 6.07) is 0.117. The molecule has 11 N–H and O–H groups in total. The van der Waals surface area contributed by atoms with Crippen molar-refractivity contribution in [1.29, 1.82) is 0 Å². The van der Waals surface area contributed by atoms with Gasteiger partial charge in [0.15, 0.2) is 17.9 Å². The number of amides is 2. The highest BCUT2D eigenvalue weighted by Crippen LogP contribution is 2.29. The number of urea groups is 1. The van der Waals surface area contributed by atoms with Crippen LogP contribution in [0.3, 0.4) is 0 Å². The van der Waals surface area contributed by atoms with Crippen LogP contribution in [0, 0.1) is 17.8 Å². The van der Waals surface area contributed by atoms with Gasteiger partial charge in [0.1, 0.15) is 0 Å². The first-order chi connectivity index (χ1) is 28.4. The van der Waals surface area contributed by atoms with Gasteiger partial charge in [-0.3, -0.25) is 15.0 Å². The smallest absolute Gasteiger partial charge is 0.475 e. The molecular formula is C42H80F3N11O3. The molecule has 0 aromatic rings. The van der Waals surface area contributed by atoms with E-state index in [1.165, 1.54) is 109 Å². The normalized spacial score (nSPS) is 15.9. The highest BCUT2D eigenvalue weighted by Gasteiger charge is 2.38. The lowest BCUT2D eigenvalue weighted by Gasteiger charge is -2.23. The van der Waals surface area contributed by atoms with Crippen molar-refractivity contribution in [3.8, 4) is 0 Å². The number of unbranched alkanes of at least 4 members (excludes halogenated alkanes) is 15. The first-order valence-corrected chi connectivity index (χ1v) is 22.9. The molecule has 0 radical (unpaired) electrons. The molecule has 0 spiro atoms. The molecule has 0 unspecified atom stereocenters. The molecule has 17 heteroatoms. The average Bonchev–Trinajstić information content (AvgIpc) is 4.04. The minimum atomic E-state index is -5.08. The van der Waals surface area contributed by atoms with E-state index in [0.29, 0.717) is 17.9 Å². The Balaban J connectivity index is 0.00000157. The van der Waals surface area contributed by atoms with Crippen LogP contribution in [-0.4, -0.2) is 105 Å². The number of aliphatic carboxylic acids is 1. The topological polar surface area (TPSA) is 221 Å². The Labute approximate surface area is 352 Å². The van der Waals surface area contributed by atoms with E-state index in [4.69, 9.17) is 27.1 Å². The van der Waals surface area contributed by atoms with Gasteiger partial charge in [-0.15, -0.1) is 0 Å². The summed E-state index contributed by atoms with van der Waals surface area (Å²) < 4.78 is 31.7. The number of carboxylic acid groups (broad SMARTS) is 1. The summed E-state index contributed by atoms with van der Waals surface area (Å²) >= 11 is 0. The predicted octanol–water partition coefficient (Wildman–Crippen LogP) is 6.60. The molecule has 3 rings (SSSR count). The Bertz CT molecular complexity index is 1160. The number of carbonyl (C=O) groups excluding carboxylic acids is 1. The lowest BCUT2D eigenvalue weighted by atomic mass is 10.1. The van der Waals surface area contributed by atoms with Gasteiger partial charge < -0.3 is 48.5 Å². The average molecular weight is 844 g/mol. The third kappa shape index (κ3) is 32.8. The van der Waals surface area contributed by atoms with Crippen molar-refractivity contribution >= 4 is 29.9 Å². The Hall–Kier alpha value is -3.66. The molecule has 0 aromatic heterocycles. The van der Waals surface area contributed by atoms with Crippen LogP contribution in [0.15, 0.2) is 15.0 Å². The van der Waals surface area contributed by atoms with Crippen molar-refractivity contribution in [2.75, 3.05) is 58.9 Å². The highest BCUT2D eigenvalue weighted by atomic mass is 19.4. The van der Waals surface area contributed by atoms with Crippen molar-refractivity contribution in [3.05, 3.63) is 0 Å². The number of halogens is 3. The van der Waals surface area contributed by atoms with Gasteiger partial charge in [0, 0.05) is 58.9 Å². The van der Waals surface area contributed by atoms with E-state index >= 15 is 0 Å². The molecule has 342 valence electrons. The van der Waals surface area contributed by atoms with Crippen molar-refractivity contribution in [2.45, 2.75) is 160 Å². The zero-order valence-corrected chi connectivity index (χ0v) is 36.0. The second kappa shape index (κ2) is 32.2. The molecule has 2 amide bonds. The van der Waals surface area contributed by atoms with Gasteiger partial charge in [0.05, 0.1) is 0 Å². The van der Waals surface area contributed by atoms with Gasteiger partial charge in [0.2, 0.25) is 0 Å². The molecule has 3 saturated carbocycles. The SMILES string of the molecule is NC(=NCC1CC1)NCCCCCCCCNC(=O)N(CCCCCCCCNC(N)=NCC1CC1)CCCCCCCCNC(N)=NCC1CC1.O=C(O)C(F)(F)F. The number of hydrogen-bond acceptors (Lipinski definition) is 5. The van der Waals surface area contributed by atoms with Crippen molar-refractivity contribution in [2.24, 2.45) is 49.9 Å². The minimum Gasteiger partial charge on any atom is -0.475 e. The fourth-order valence-electron chi connectivity index (χ4n) is 6.25. The second-order valence-electron chi connectivity index (χ2n) is 16.7. The van der Waals surface area contributed by atoms with Crippen LogP contribution in [0.2, 0.25) is 0 Å². The molecule has 0 bridgehead atoms. The van der Waals surface area contributed by atoms with E-state index < -0.39 is 12.1 Å². The number of carboxylic acids is 1. The summed E-state index contributed by atoms with van der Waals surface area (Å²) in [5.74, 6) is 1.36. The highest BCUT2D eigenvalue weighted by molar-refractivity contribution is 5.78. The lowest BCUT2D eigenvalue weighted by molar-refractivity contribution is -0.192. The van der Waals surface area contributed by atoms with E-state index in [0.717, 1.165) is 122 Å². The Morgan fingerprint density at radius 3 is 1.02 bits per heavy atom.